The van der Waals surface area contributed by atoms with E-state index in [9.17, 15) is 9.59 Å². The van der Waals surface area contributed by atoms with Crippen molar-refractivity contribution in [3.05, 3.63) is 0 Å². The van der Waals surface area contributed by atoms with E-state index >= 15 is 0 Å². The molecule has 1 rings (SSSR count). The molecule has 1 N–H and O–H groups in total. The van der Waals surface area contributed by atoms with Crippen molar-refractivity contribution in [2.24, 2.45) is 22.7 Å². The van der Waals surface area contributed by atoms with Gasteiger partial charge >= 0.3 is 11.9 Å². The molecule has 1 heterocycles. The fraction of sp³-hybridized carbons (Fsp3) is 0.929. The van der Waals surface area contributed by atoms with Gasteiger partial charge in [-0.1, -0.05) is 54.9 Å². The Morgan fingerprint density at radius 3 is 2.00 bits per heavy atom. The summed E-state index contributed by atoms with van der Waals surface area (Å²) in [5.41, 5.74) is 0.179. The minimum atomic E-state index is -0.273. The Labute approximate surface area is 209 Å². The van der Waals surface area contributed by atoms with Gasteiger partial charge in [0.05, 0.1) is 26.3 Å². The Hall–Kier alpha value is -1.14. The molecule has 0 spiro atoms. The second-order valence-corrected chi connectivity index (χ2v) is 13.9. The molecular weight excluding hydrogens is 428 g/mol. The van der Waals surface area contributed by atoms with E-state index < -0.39 is 0 Å². The lowest BCUT2D eigenvalue weighted by atomic mass is 9.72. The lowest BCUT2D eigenvalue weighted by Gasteiger charge is -2.35. The molecule has 1 saturated heterocycles. The average molecular weight is 483 g/mol. The molecule has 0 aromatic heterocycles. The number of carbonyl (C=O) groups is 2. The zero-order chi connectivity index (χ0) is 26.4. The Morgan fingerprint density at radius 1 is 1.00 bits per heavy atom. The van der Waals surface area contributed by atoms with Crippen LogP contribution in [0.5, 0.6) is 0 Å². The first-order valence-electron chi connectivity index (χ1n) is 13.2. The van der Waals surface area contributed by atoms with Crippen LogP contribution in [0, 0.1) is 22.7 Å². The van der Waals surface area contributed by atoms with E-state index in [1.807, 2.05) is 4.90 Å². The van der Waals surface area contributed by atoms with E-state index in [0.717, 1.165) is 25.7 Å². The number of esters is 2. The van der Waals surface area contributed by atoms with Crippen LogP contribution in [-0.4, -0.2) is 60.8 Å². The van der Waals surface area contributed by atoms with Crippen LogP contribution in [0.1, 0.15) is 102 Å². The second-order valence-electron chi connectivity index (χ2n) is 13.9. The minimum Gasteiger partial charge on any atom is -0.464 e. The summed E-state index contributed by atoms with van der Waals surface area (Å²) in [5, 5.41) is 3.62. The Balaban J connectivity index is 2.62. The highest BCUT2D eigenvalue weighted by molar-refractivity contribution is 5.75. The fourth-order valence-corrected chi connectivity index (χ4v) is 4.96. The summed E-state index contributed by atoms with van der Waals surface area (Å²) in [5.74, 6) is -0.00423. The molecule has 0 radical (unpaired) electrons. The first-order chi connectivity index (χ1) is 15.3. The van der Waals surface area contributed by atoms with E-state index in [1.165, 1.54) is 0 Å². The number of ether oxygens (including phenoxy) is 2. The van der Waals surface area contributed by atoms with E-state index in [4.69, 9.17) is 9.47 Å². The highest BCUT2D eigenvalue weighted by atomic mass is 16.5. The van der Waals surface area contributed by atoms with Gasteiger partial charge in [-0.15, -0.1) is 0 Å². The smallest absolute Gasteiger partial charge is 0.320 e. The van der Waals surface area contributed by atoms with Crippen LogP contribution in [-0.2, 0) is 19.1 Å². The fourth-order valence-electron chi connectivity index (χ4n) is 4.96. The van der Waals surface area contributed by atoms with Crippen LogP contribution in [0.3, 0.4) is 0 Å². The maximum atomic E-state index is 12.7. The van der Waals surface area contributed by atoms with Gasteiger partial charge in [0.25, 0.3) is 0 Å². The van der Waals surface area contributed by atoms with Crippen molar-refractivity contribution < 1.29 is 19.1 Å². The predicted octanol–water partition coefficient (Wildman–Crippen LogP) is 5.44. The van der Waals surface area contributed by atoms with Crippen LogP contribution >= 0.6 is 0 Å². The lowest BCUT2D eigenvalue weighted by molar-refractivity contribution is -0.151. The molecule has 0 amide bonds. The van der Waals surface area contributed by atoms with Gasteiger partial charge in [0.15, 0.2) is 0 Å². The summed E-state index contributed by atoms with van der Waals surface area (Å²) in [6, 6.07) is 0. The van der Waals surface area contributed by atoms with Crippen LogP contribution in [0.2, 0.25) is 0 Å². The second kappa shape index (κ2) is 12.2. The zero-order valence-electron chi connectivity index (χ0n) is 24.1. The largest absolute Gasteiger partial charge is 0.464 e. The number of unbranched alkanes of at least 4 members (excludes halogenated alkanes) is 1. The summed E-state index contributed by atoms with van der Waals surface area (Å²) in [6.07, 6.45) is 3.86. The van der Waals surface area contributed by atoms with Gasteiger partial charge in [0.2, 0.25) is 0 Å². The Bertz CT molecular complexity index is 658. The molecule has 0 aromatic carbocycles. The van der Waals surface area contributed by atoms with E-state index in [0.29, 0.717) is 19.8 Å². The van der Waals surface area contributed by atoms with E-state index in [1.54, 1.807) is 0 Å². The first-order valence-corrected chi connectivity index (χ1v) is 13.2. The van der Waals surface area contributed by atoms with Crippen molar-refractivity contribution in [1.29, 1.82) is 0 Å². The maximum Gasteiger partial charge on any atom is 0.320 e. The SMILES string of the molecule is CCCCN(CC(=O)OCC(CC(C)(C)C)C(C)(C)C)CC(=O)OCC1CC(C)(C)NC1(C)C. The summed E-state index contributed by atoms with van der Waals surface area (Å²) in [6.45, 7) is 25.7. The molecule has 1 fully saturated rings. The van der Waals surface area contributed by atoms with Crippen LogP contribution in [0.15, 0.2) is 0 Å². The number of rotatable bonds is 12. The number of hydrogen-bond acceptors (Lipinski definition) is 6. The molecular formula is C28H54N2O4. The average Bonchev–Trinajstić information content (AvgIpc) is 2.85. The summed E-state index contributed by atoms with van der Waals surface area (Å²) in [7, 11) is 0. The molecule has 0 aromatic rings. The molecule has 0 bridgehead atoms. The van der Waals surface area contributed by atoms with Crippen molar-refractivity contribution in [2.75, 3.05) is 32.8 Å². The number of nitrogens with one attached hydrogen (secondary N) is 1. The molecule has 200 valence electrons. The van der Waals surface area contributed by atoms with Gasteiger partial charge in [-0.3, -0.25) is 14.5 Å². The van der Waals surface area contributed by atoms with Crippen molar-refractivity contribution in [1.82, 2.24) is 10.2 Å². The Kier molecular flexibility index (Phi) is 11.1. The van der Waals surface area contributed by atoms with Crippen molar-refractivity contribution >= 4 is 11.9 Å². The molecule has 1 aliphatic heterocycles. The molecule has 6 heteroatoms. The highest BCUT2D eigenvalue weighted by Gasteiger charge is 2.44. The Morgan fingerprint density at radius 2 is 1.56 bits per heavy atom. The third kappa shape index (κ3) is 11.5. The lowest BCUT2D eigenvalue weighted by Crippen LogP contribution is -2.46. The van der Waals surface area contributed by atoms with Crippen molar-refractivity contribution in [2.45, 2.75) is 113 Å². The number of carbonyl (C=O) groups excluding carboxylic acids is 2. The molecule has 6 nitrogen and oxygen atoms in total. The van der Waals surface area contributed by atoms with Crippen LogP contribution in [0.25, 0.3) is 0 Å². The summed E-state index contributed by atoms with van der Waals surface area (Å²) >= 11 is 0. The topological polar surface area (TPSA) is 67.9 Å². The molecule has 0 saturated carbocycles. The molecule has 0 aliphatic carbocycles. The zero-order valence-corrected chi connectivity index (χ0v) is 24.1. The van der Waals surface area contributed by atoms with Gasteiger partial charge in [-0.05, 0) is 70.3 Å². The van der Waals surface area contributed by atoms with Gasteiger partial charge in [-0.25, -0.2) is 0 Å². The molecule has 34 heavy (non-hydrogen) atoms. The first kappa shape index (κ1) is 30.9. The van der Waals surface area contributed by atoms with E-state index in [2.05, 4.69) is 81.5 Å². The van der Waals surface area contributed by atoms with Gasteiger partial charge in [0, 0.05) is 17.0 Å². The van der Waals surface area contributed by atoms with Gasteiger partial charge < -0.3 is 14.8 Å². The third-order valence-electron chi connectivity index (χ3n) is 6.95. The van der Waals surface area contributed by atoms with Crippen molar-refractivity contribution in [3.8, 4) is 0 Å². The van der Waals surface area contributed by atoms with E-state index in [-0.39, 0.29) is 58.8 Å². The van der Waals surface area contributed by atoms with Gasteiger partial charge in [0.1, 0.15) is 0 Å². The normalized spacial score (nSPS) is 20.9. The van der Waals surface area contributed by atoms with Crippen LogP contribution in [0.4, 0.5) is 0 Å². The summed E-state index contributed by atoms with van der Waals surface area (Å²) < 4.78 is 11.4. The highest BCUT2D eigenvalue weighted by Crippen LogP contribution is 2.37. The molecule has 2 atom stereocenters. The molecule has 1 aliphatic rings. The van der Waals surface area contributed by atoms with Gasteiger partial charge in [-0.2, -0.15) is 0 Å². The summed E-state index contributed by atoms with van der Waals surface area (Å²) in [4.78, 5) is 27.2. The molecule has 2 unspecified atom stereocenters. The number of hydrogen-bond donors (Lipinski definition) is 1. The van der Waals surface area contributed by atoms with Crippen LogP contribution < -0.4 is 5.32 Å². The monoisotopic (exact) mass is 482 g/mol. The predicted molar refractivity (Wildman–Crippen MR) is 140 cm³/mol. The maximum absolute atomic E-state index is 12.7. The quantitative estimate of drug-likeness (QED) is 0.374. The standard InChI is InChI=1S/C28H54N2O4/c1-12-13-14-30(17-23(31)33-19-21(26(5,6)7)15-25(2,3)4)18-24(32)34-20-22-16-27(8,9)29-28(22,10)11/h21-22,29H,12-20H2,1-11H3. The minimum absolute atomic E-state index is 0.0371. The number of nitrogens with zero attached hydrogens (tertiary/aromatic N) is 1. The van der Waals surface area contributed by atoms with Crippen molar-refractivity contribution in [3.63, 3.8) is 0 Å². The third-order valence-corrected chi connectivity index (χ3v) is 6.95.